The number of nitrogens with one attached hydrogen (secondary N) is 2. The van der Waals surface area contributed by atoms with Crippen molar-refractivity contribution < 1.29 is 14.3 Å². The molecule has 0 aliphatic rings. The molecule has 0 saturated heterocycles. The van der Waals surface area contributed by atoms with Crippen LogP contribution in [0.1, 0.15) is 28.8 Å². The molecule has 0 fully saturated rings. The fraction of sp³-hybridized carbons (Fsp3) is 0.182. The van der Waals surface area contributed by atoms with Crippen molar-refractivity contribution in [2.75, 3.05) is 19.5 Å². The SMILES string of the molecule is CNC(=O)c1cccc(NC(=O)[C@H](C)c2ccc3cc(OC)ccc3c2)c1. The molecule has 5 heteroatoms. The Morgan fingerprint density at radius 2 is 1.70 bits per heavy atom. The van der Waals surface area contributed by atoms with E-state index in [4.69, 9.17) is 4.74 Å². The van der Waals surface area contributed by atoms with Crippen molar-refractivity contribution >= 4 is 28.3 Å². The van der Waals surface area contributed by atoms with Crippen molar-refractivity contribution in [1.82, 2.24) is 5.32 Å². The quantitative estimate of drug-likeness (QED) is 0.722. The molecular weight excluding hydrogens is 340 g/mol. The molecule has 2 N–H and O–H groups in total. The van der Waals surface area contributed by atoms with Gasteiger partial charge >= 0.3 is 0 Å². The lowest BCUT2D eigenvalue weighted by molar-refractivity contribution is -0.117. The molecule has 0 radical (unpaired) electrons. The Bertz CT molecular complexity index is 998. The highest BCUT2D eigenvalue weighted by molar-refractivity contribution is 5.99. The summed E-state index contributed by atoms with van der Waals surface area (Å²) in [4.78, 5) is 24.4. The third-order valence-electron chi connectivity index (χ3n) is 4.58. The second kappa shape index (κ2) is 7.91. The minimum atomic E-state index is -0.333. The van der Waals surface area contributed by atoms with E-state index >= 15 is 0 Å². The summed E-state index contributed by atoms with van der Waals surface area (Å²) in [6, 6.07) is 18.7. The van der Waals surface area contributed by atoms with Crippen LogP contribution in [0.4, 0.5) is 5.69 Å². The van der Waals surface area contributed by atoms with E-state index in [-0.39, 0.29) is 17.7 Å². The van der Waals surface area contributed by atoms with Crippen LogP contribution in [-0.4, -0.2) is 26.0 Å². The van der Waals surface area contributed by atoms with Gasteiger partial charge in [0, 0.05) is 18.3 Å². The molecule has 0 heterocycles. The monoisotopic (exact) mass is 362 g/mol. The summed E-state index contributed by atoms with van der Waals surface area (Å²) in [6.07, 6.45) is 0. The highest BCUT2D eigenvalue weighted by Gasteiger charge is 2.16. The lowest BCUT2D eigenvalue weighted by Gasteiger charge is -2.14. The smallest absolute Gasteiger partial charge is 0.251 e. The van der Waals surface area contributed by atoms with E-state index in [0.717, 1.165) is 22.1 Å². The number of methoxy groups -OCH3 is 1. The normalized spacial score (nSPS) is 11.7. The van der Waals surface area contributed by atoms with Gasteiger partial charge in [-0.1, -0.05) is 30.3 Å². The summed E-state index contributed by atoms with van der Waals surface area (Å²) in [6.45, 7) is 1.86. The van der Waals surface area contributed by atoms with Crippen LogP contribution in [0.25, 0.3) is 10.8 Å². The number of benzene rings is 3. The Morgan fingerprint density at radius 3 is 2.44 bits per heavy atom. The van der Waals surface area contributed by atoms with E-state index in [0.29, 0.717) is 11.3 Å². The third-order valence-corrected chi connectivity index (χ3v) is 4.58. The van der Waals surface area contributed by atoms with Gasteiger partial charge in [0.15, 0.2) is 0 Å². The zero-order valence-corrected chi connectivity index (χ0v) is 15.6. The standard InChI is InChI=1S/C22H22N2O3/c1-14(15-7-8-17-13-20(27-3)10-9-16(17)11-15)21(25)24-19-6-4-5-18(12-19)22(26)23-2/h4-14H,1-3H3,(H,23,26)(H,24,25)/t14-/m1/s1. The maximum atomic E-state index is 12.7. The van der Waals surface area contributed by atoms with Gasteiger partial charge < -0.3 is 15.4 Å². The zero-order valence-electron chi connectivity index (χ0n) is 15.6. The van der Waals surface area contributed by atoms with Crippen LogP contribution >= 0.6 is 0 Å². The van der Waals surface area contributed by atoms with Gasteiger partial charge in [0.05, 0.1) is 13.0 Å². The molecule has 0 aliphatic heterocycles. The van der Waals surface area contributed by atoms with E-state index < -0.39 is 0 Å². The number of amides is 2. The van der Waals surface area contributed by atoms with Gasteiger partial charge in [-0.3, -0.25) is 9.59 Å². The molecule has 3 aromatic carbocycles. The second-order valence-electron chi connectivity index (χ2n) is 6.34. The van der Waals surface area contributed by atoms with Gasteiger partial charge in [0.1, 0.15) is 5.75 Å². The lowest BCUT2D eigenvalue weighted by Crippen LogP contribution is -2.20. The average molecular weight is 362 g/mol. The molecule has 27 heavy (non-hydrogen) atoms. The molecule has 3 rings (SSSR count). The predicted octanol–water partition coefficient (Wildman–Crippen LogP) is 3.95. The van der Waals surface area contributed by atoms with E-state index in [1.165, 1.54) is 0 Å². The lowest BCUT2D eigenvalue weighted by atomic mass is 9.97. The Hall–Kier alpha value is -3.34. The van der Waals surface area contributed by atoms with Crippen LogP contribution in [-0.2, 0) is 4.79 Å². The summed E-state index contributed by atoms with van der Waals surface area (Å²) in [5.74, 6) is 0.151. The van der Waals surface area contributed by atoms with Gasteiger partial charge in [-0.25, -0.2) is 0 Å². The summed E-state index contributed by atoms with van der Waals surface area (Å²) >= 11 is 0. The molecule has 0 aliphatic carbocycles. The van der Waals surface area contributed by atoms with Gasteiger partial charge in [-0.05, 0) is 53.6 Å². The maximum absolute atomic E-state index is 12.7. The molecule has 2 amide bonds. The second-order valence-corrected chi connectivity index (χ2v) is 6.34. The first-order chi connectivity index (χ1) is 13.0. The molecule has 0 spiro atoms. The van der Waals surface area contributed by atoms with E-state index in [1.54, 1.807) is 38.4 Å². The van der Waals surface area contributed by atoms with Gasteiger partial charge in [0.25, 0.3) is 5.91 Å². The average Bonchev–Trinajstić information content (AvgIpc) is 2.71. The molecule has 0 bridgehead atoms. The van der Waals surface area contributed by atoms with Crippen LogP contribution in [0.3, 0.4) is 0 Å². The Labute approximate surface area is 158 Å². The fourth-order valence-corrected chi connectivity index (χ4v) is 2.92. The van der Waals surface area contributed by atoms with Crippen molar-refractivity contribution in [3.05, 3.63) is 71.8 Å². The number of fused-ring (bicyclic) bond motifs is 1. The number of carbonyl (C=O) groups is 2. The third kappa shape index (κ3) is 4.08. The summed E-state index contributed by atoms with van der Waals surface area (Å²) < 4.78 is 5.25. The van der Waals surface area contributed by atoms with Crippen LogP contribution in [0.15, 0.2) is 60.7 Å². The van der Waals surface area contributed by atoms with Crippen LogP contribution in [0, 0.1) is 0 Å². The largest absolute Gasteiger partial charge is 0.497 e. The first-order valence-corrected chi connectivity index (χ1v) is 8.72. The Kier molecular flexibility index (Phi) is 5.41. The van der Waals surface area contributed by atoms with E-state index in [9.17, 15) is 9.59 Å². The summed E-state index contributed by atoms with van der Waals surface area (Å²) in [5.41, 5.74) is 2.02. The summed E-state index contributed by atoms with van der Waals surface area (Å²) in [5, 5.41) is 7.57. The highest BCUT2D eigenvalue weighted by atomic mass is 16.5. The van der Waals surface area contributed by atoms with Crippen LogP contribution < -0.4 is 15.4 Å². The molecular formula is C22H22N2O3. The van der Waals surface area contributed by atoms with Crippen LogP contribution in [0.5, 0.6) is 5.75 Å². The first-order valence-electron chi connectivity index (χ1n) is 8.72. The maximum Gasteiger partial charge on any atom is 0.251 e. The number of hydrogen-bond acceptors (Lipinski definition) is 3. The Morgan fingerprint density at radius 1 is 0.963 bits per heavy atom. The topological polar surface area (TPSA) is 67.4 Å². The number of ether oxygens (including phenoxy) is 1. The number of carbonyl (C=O) groups excluding carboxylic acids is 2. The molecule has 0 aromatic heterocycles. The Balaban J connectivity index is 1.79. The molecule has 5 nitrogen and oxygen atoms in total. The molecule has 0 saturated carbocycles. The van der Waals surface area contributed by atoms with Crippen molar-refractivity contribution in [3.63, 3.8) is 0 Å². The molecule has 1 atom stereocenters. The minimum absolute atomic E-state index is 0.128. The van der Waals surface area contributed by atoms with Crippen molar-refractivity contribution in [2.24, 2.45) is 0 Å². The number of hydrogen-bond donors (Lipinski definition) is 2. The first kappa shape index (κ1) is 18.5. The summed E-state index contributed by atoms with van der Waals surface area (Å²) in [7, 11) is 3.21. The van der Waals surface area contributed by atoms with Crippen LogP contribution in [0.2, 0.25) is 0 Å². The predicted molar refractivity (Wildman–Crippen MR) is 107 cm³/mol. The van der Waals surface area contributed by atoms with Gasteiger partial charge in [-0.15, -0.1) is 0 Å². The van der Waals surface area contributed by atoms with Crippen molar-refractivity contribution in [3.8, 4) is 5.75 Å². The van der Waals surface area contributed by atoms with Crippen molar-refractivity contribution in [2.45, 2.75) is 12.8 Å². The van der Waals surface area contributed by atoms with E-state index in [2.05, 4.69) is 10.6 Å². The molecule has 0 unspecified atom stereocenters. The van der Waals surface area contributed by atoms with E-state index in [1.807, 2.05) is 43.3 Å². The minimum Gasteiger partial charge on any atom is -0.497 e. The molecule has 138 valence electrons. The highest BCUT2D eigenvalue weighted by Crippen LogP contribution is 2.26. The number of rotatable bonds is 5. The molecule has 3 aromatic rings. The number of anilines is 1. The zero-order chi connectivity index (χ0) is 19.4. The van der Waals surface area contributed by atoms with Gasteiger partial charge in [0.2, 0.25) is 5.91 Å². The fourth-order valence-electron chi connectivity index (χ4n) is 2.92. The van der Waals surface area contributed by atoms with Crippen molar-refractivity contribution in [1.29, 1.82) is 0 Å². The van der Waals surface area contributed by atoms with Gasteiger partial charge in [-0.2, -0.15) is 0 Å².